The van der Waals surface area contributed by atoms with Crippen LogP contribution in [0, 0.1) is 5.82 Å². The highest BCUT2D eigenvalue weighted by Gasteiger charge is 2.26. The molecule has 1 N–H and O–H groups in total. The van der Waals surface area contributed by atoms with Crippen LogP contribution in [0.15, 0.2) is 24.3 Å². The first kappa shape index (κ1) is 14.4. The lowest BCUT2D eigenvalue weighted by molar-refractivity contribution is -0.138. The Morgan fingerprint density at radius 3 is 2.72 bits per heavy atom. The zero-order chi connectivity index (χ0) is 13.8. The van der Waals surface area contributed by atoms with Gasteiger partial charge in [-0.25, -0.2) is 4.39 Å². The standard InChI is InChI=1S/C13H18FNO3/c1-13(2,9-16)15(3)12(17)8-18-11-6-4-5-10(14)7-11/h4-7,16H,8-9H2,1-3H3. The molecular formula is C13H18FNO3. The maximum absolute atomic E-state index is 12.9. The fourth-order valence-electron chi connectivity index (χ4n) is 1.24. The predicted octanol–water partition coefficient (Wildman–Crippen LogP) is 1.43. The number of nitrogens with zero attached hydrogens (tertiary/aromatic N) is 1. The third-order valence-corrected chi connectivity index (χ3v) is 2.83. The molecule has 100 valence electrons. The Balaban J connectivity index is 2.56. The zero-order valence-electron chi connectivity index (χ0n) is 10.8. The number of hydrogen-bond acceptors (Lipinski definition) is 3. The van der Waals surface area contributed by atoms with Gasteiger partial charge in [0.15, 0.2) is 6.61 Å². The molecule has 0 fully saturated rings. The SMILES string of the molecule is CN(C(=O)COc1cccc(F)c1)C(C)(C)CO. The van der Waals surface area contributed by atoms with Gasteiger partial charge in [0.05, 0.1) is 12.1 Å². The summed E-state index contributed by atoms with van der Waals surface area (Å²) in [6, 6.07) is 5.60. The molecule has 0 aliphatic rings. The van der Waals surface area contributed by atoms with E-state index in [1.165, 1.54) is 23.1 Å². The summed E-state index contributed by atoms with van der Waals surface area (Å²) < 4.78 is 18.1. The van der Waals surface area contributed by atoms with Crippen molar-refractivity contribution in [2.75, 3.05) is 20.3 Å². The number of likely N-dealkylation sites (N-methyl/N-ethyl adjacent to an activating group) is 1. The third kappa shape index (κ3) is 3.70. The van der Waals surface area contributed by atoms with Crippen molar-refractivity contribution in [2.24, 2.45) is 0 Å². The van der Waals surface area contributed by atoms with Crippen molar-refractivity contribution in [1.82, 2.24) is 4.90 Å². The van der Waals surface area contributed by atoms with Crippen LogP contribution in [0.4, 0.5) is 4.39 Å². The van der Waals surface area contributed by atoms with Crippen LogP contribution in [-0.2, 0) is 4.79 Å². The third-order valence-electron chi connectivity index (χ3n) is 2.83. The average Bonchev–Trinajstić information content (AvgIpc) is 2.35. The van der Waals surface area contributed by atoms with Crippen LogP contribution in [0.3, 0.4) is 0 Å². The molecule has 0 saturated carbocycles. The predicted molar refractivity (Wildman–Crippen MR) is 65.8 cm³/mol. The Bertz CT molecular complexity index is 420. The molecule has 0 bridgehead atoms. The molecule has 0 aliphatic heterocycles. The first-order valence-corrected chi connectivity index (χ1v) is 5.63. The van der Waals surface area contributed by atoms with Gasteiger partial charge in [0.25, 0.3) is 5.91 Å². The summed E-state index contributed by atoms with van der Waals surface area (Å²) in [5, 5.41) is 9.15. The lowest BCUT2D eigenvalue weighted by atomic mass is 10.1. The first-order chi connectivity index (χ1) is 8.36. The van der Waals surface area contributed by atoms with Crippen LogP contribution in [0.5, 0.6) is 5.75 Å². The molecule has 1 rings (SSSR count). The van der Waals surface area contributed by atoms with Crippen LogP contribution < -0.4 is 4.74 Å². The van der Waals surface area contributed by atoms with Crippen molar-refractivity contribution < 1.29 is 19.0 Å². The van der Waals surface area contributed by atoms with Gasteiger partial charge in [-0.15, -0.1) is 0 Å². The van der Waals surface area contributed by atoms with Crippen LogP contribution >= 0.6 is 0 Å². The van der Waals surface area contributed by atoms with E-state index in [4.69, 9.17) is 9.84 Å². The van der Waals surface area contributed by atoms with E-state index in [9.17, 15) is 9.18 Å². The Hall–Kier alpha value is -1.62. The van der Waals surface area contributed by atoms with Crippen LogP contribution in [0.2, 0.25) is 0 Å². The normalized spacial score (nSPS) is 11.2. The quantitative estimate of drug-likeness (QED) is 0.866. The van der Waals surface area contributed by atoms with Crippen molar-refractivity contribution in [3.63, 3.8) is 0 Å². The number of aliphatic hydroxyl groups is 1. The van der Waals surface area contributed by atoms with E-state index in [2.05, 4.69) is 0 Å². The molecule has 0 aliphatic carbocycles. The molecule has 0 aromatic heterocycles. The van der Waals surface area contributed by atoms with Gasteiger partial charge in [0.1, 0.15) is 11.6 Å². The second-order valence-electron chi connectivity index (χ2n) is 4.67. The van der Waals surface area contributed by atoms with E-state index in [0.29, 0.717) is 5.75 Å². The summed E-state index contributed by atoms with van der Waals surface area (Å²) in [7, 11) is 1.59. The molecule has 1 aromatic carbocycles. The summed E-state index contributed by atoms with van der Waals surface area (Å²) >= 11 is 0. The van der Waals surface area contributed by atoms with Gasteiger partial charge < -0.3 is 14.7 Å². The molecule has 0 atom stereocenters. The lowest BCUT2D eigenvalue weighted by Crippen LogP contribution is -2.49. The second kappa shape index (κ2) is 5.82. The number of halogens is 1. The molecule has 0 heterocycles. The maximum atomic E-state index is 12.9. The fraction of sp³-hybridized carbons (Fsp3) is 0.462. The Morgan fingerprint density at radius 1 is 1.50 bits per heavy atom. The van der Waals surface area contributed by atoms with E-state index in [1.54, 1.807) is 27.0 Å². The highest BCUT2D eigenvalue weighted by molar-refractivity contribution is 5.78. The molecule has 0 saturated heterocycles. The van der Waals surface area contributed by atoms with Crippen LogP contribution in [0.25, 0.3) is 0 Å². The van der Waals surface area contributed by atoms with Gasteiger partial charge in [-0.2, -0.15) is 0 Å². The molecule has 1 aromatic rings. The number of benzene rings is 1. The van der Waals surface area contributed by atoms with E-state index in [0.717, 1.165) is 0 Å². The van der Waals surface area contributed by atoms with Gasteiger partial charge in [0, 0.05) is 13.1 Å². The highest BCUT2D eigenvalue weighted by atomic mass is 19.1. The van der Waals surface area contributed by atoms with Crippen molar-refractivity contribution in [3.8, 4) is 5.75 Å². The van der Waals surface area contributed by atoms with Gasteiger partial charge in [-0.1, -0.05) is 6.07 Å². The first-order valence-electron chi connectivity index (χ1n) is 5.63. The minimum atomic E-state index is -0.650. The minimum absolute atomic E-state index is 0.144. The summed E-state index contributed by atoms with van der Waals surface area (Å²) in [6.07, 6.45) is 0. The largest absolute Gasteiger partial charge is 0.484 e. The van der Waals surface area contributed by atoms with E-state index in [-0.39, 0.29) is 19.1 Å². The summed E-state index contributed by atoms with van der Waals surface area (Å²) in [4.78, 5) is 13.2. The molecule has 0 radical (unpaired) electrons. The van der Waals surface area contributed by atoms with Gasteiger partial charge in [0.2, 0.25) is 0 Å². The number of carbonyl (C=O) groups is 1. The molecule has 18 heavy (non-hydrogen) atoms. The van der Waals surface area contributed by atoms with Gasteiger partial charge >= 0.3 is 0 Å². The Kier molecular flexibility index (Phi) is 4.67. The van der Waals surface area contributed by atoms with Crippen molar-refractivity contribution >= 4 is 5.91 Å². The molecule has 4 nitrogen and oxygen atoms in total. The van der Waals surface area contributed by atoms with Gasteiger partial charge in [-0.3, -0.25) is 4.79 Å². The number of aliphatic hydroxyl groups excluding tert-OH is 1. The van der Waals surface area contributed by atoms with Crippen molar-refractivity contribution in [3.05, 3.63) is 30.1 Å². The molecular weight excluding hydrogens is 237 g/mol. The Morgan fingerprint density at radius 2 is 2.17 bits per heavy atom. The number of rotatable bonds is 5. The summed E-state index contributed by atoms with van der Waals surface area (Å²) in [6.45, 7) is 3.15. The monoisotopic (exact) mass is 255 g/mol. The van der Waals surface area contributed by atoms with Gasteiger partial charge in [-0.05, 0) is 26.0 Å². The topological polar surface area (TPSA) is 49.8 Å². The maximum Gasteiger partial charge on any atom is 0.260 e. The number of carbonyl (C=O) groups excluding carboxylic acids is 1. The summed E-state index contributed by atoms with van der Waals surface area (Å²) in [5.74, 6) is -0.388. The van der Waals surface area contributed by atoms with E-state index >= 15 is 0 Å². The smallest absolute Gasteiger partial charge is 0.260 e. The van der Waals surface area contributed by atoms with Crippen LogP contribution in [-0.4, -0.2) is 41.7 Å². The molecule has 0 spiro atoms. The highest BCUT2D eigenvalue weighted by Crippen LogP contribution is 2.14. The summed E-state index contributed by atoms with van der Waals surface area (Å²) in [5.41, 5.74) is -0.650. The van der Waals surface area contributed by atoms with Crippen molar-refractivity contribution in [1.29, 1.82) is 0 Å². The van der Waals surface area contributed by atoms with E-state index in [1.807, 2.05) is 0 Å². The fourth-order valence-corrected chi connectivity index (χ4v) is 1.24. The Labute approximate surface area is 106 Å². The zero-order valence-corrected chi connectivity index (χ0v) is 10.8. The number of hydrogen-bond donors (Lipinski definition) is 1. The van der Waals surface area contributed by atoms with E-state index < -0.39 is 11.4 Å². The molecule has 5 heteroatoms. The number of amides is 1. The van der Waals surface area contributed by atoms with Crippen LogP contribution in [0.1, 0.15) is 13.8 Å². The second-order valence-corrected chi connectivity index (χ2v) is 4.67. The minimum Gasteiger partial charge on any atom is -0.484 e. The molecule has 0 unspecified atom stereocenters. The lowest BCUT2D eigenvalue weighted by Gasteiger charge is -2.33. The number of ether oxygens (including phenoxy) is 1. The van der Waals surface area contributed by atoms with Crippen molar-refractivity contribution in [2.45, 2.75) is 19.4 Å². The molecule has 1 amide bonds. The average molecular weight is 255 g/mol.